The molecule has 0 radical (unpaired) electrons. The van der Waals surface area contributed by atoms with E-state index in [0.29, 0.717) is 12.2 Å². The zero-order valence-corrected chi connectivity index (χ0v) is 15.6. The Morgan fingerprint density at radius 1 is 1.19 bits per heavy atom. The van der Waals surface area contributed by atoms with E-state index in [9.17, 15) is 9.18 Å². The van der Waals surface area contributed by atoms with Crippen LogP contribution in [-0.4, -0.2) is 58.6 Å². The van der Waals surface area contributed by atoms with E-state index in [-0.39, 0.29) is 17.3 Å². The predicted molar refractivity (Wildman–Crippen MR) is 100 cm³/mol. The topological polar surface area (TPSA) is 53.4 Å². The van der Waals surface area contributed by atoms with Crippen LogP contribution < -0.4 is 10.2 Å². The number of hydrogen-bond acceptors (Lipinski definition) is 4. The van der Waals surface area contributed by atoms with Gasteiger partial charge in [0.05, 0.1) is 12.2 Å². The molecule has 0 aliphatic carbocycles. The van der Waals surface area contributed by atoms with E-state index in [1.807, 2.05) is 26.8 Å². The number of piperazine rings is 1. The summed E-state index contributed by atoms with van der Waals surface area (Å²) in [6, 6.07) is 6.68. The first kappa shape index (κ1) is 18.4. The third-order valence-corrected chi connectivity index (χ3v) is 4.27. The maximum absolute atomic E-state index is 14.1. The highest BCUT2D eigenvalue weighted by atomic mass is 19.1. The van der Waals surface area contributed by atoms with E-state index < -0.39 is 0 Å². The average Bonchev–Trinajstić information content (AvgIpc) is 3.03. The number of halogens is 1. The van der Waals surface area contributed by atoms with Gasteiger partial charge in [0.15, 0.2) is 0 Å². The Labute approximate surface area is 153 Å². The molecule has 7 heteroatoms. The molecule has 2 heterocycles. The molecule has 1 aromatic heterocycles. The Kier molecular flexibility index (Phi) is 5.27. The molecule has 1 aliphatic rings. The number of aromatic nitrogens is 2. The van der Waals surface area contributed by atoms with Gasteiger partial charge in [0, 0.05) is 44.1 Å². The van der Waals surface area contributed by atoms with E-state index >= 15 is 0 Å². The highest BCUT2D eigenvalue weighted by Gasteiger charge is 2.23. The molecule has 0 atom stereocenters. The van der Waals surface area contributed by atoms with Crippen molar-refractivity contribution in [1.29, 1.82) is 0 Å². The van der Waals surface area contributed by atoms with Gasteiger partial charge in [-0.2, -0.15) is 0 Å². The molecule has 3 rings (SSSR count). The Balaban J connectivity index is 1.62. The fourth-order valence-electron chi connectivity index (χ4n) is 3.13. The molecule has 2 aromatic rings. The smallest absolute Gasteiger partial charge is 0.234 e. The Hall–Kier alpha value is -2.41. The average molecular weight is 359 g/mol. The number of anilines is 1. The van der Waals surface area contributed by atoms with Crippen molar-refractivity contribution in [2.75, 3.05) is 37.6 Å². The summed E-state index contributed by atoms with van der Waals surface area (Å²) in [5.41, 5.74) is 0.274. The second-order valence-corrected chi connectivity index (χ2v) is 7.61. The van der Waals surface area contributed by atoms with Gasteiger partial charge < -0.3 is 10.2 Å². The zero-order chi connectivity index (χ0) is 18.7. The summed E-state index contributed by atoms with van der Waals surface area (Å²) in [5, 5.41) is 2.99. The van der Waals surface area contributed by atoms with Crippen molar-refractivity contribution >= 4 is 11.9 Å². The van der Waals surface area contributed by atoms with Crippen molar-refractivity contribution in [3.8, 4) is 5.69 Å². The van der Waals surface area contributed by atoms with Crippen LogP contribution in [-0.2, 0) is 4.79 Å². The van der Waals surface area contributed by atoms with Crippen LogP contribution in [0.2, 0.25) is 0 Å². The second-order valence-electron chi connectivity index (χ2n) is 7.61. The summed E-state index contributed by atoms with van der Waals surface area (Å²) >= 11 is 0. The molecule has 1 fully saturated rings. The van der Waals surface area contributed by atoms with Crippen molar-refractivity contribution in [2.24, 2.45) is 0 Å². The van der Waals surface area contributed by atoms with Gasteiger partial charge in [-0.3, -0.25) is 14.3 Å². The summed E-state index contributed by atoms with van der Waals surface area (Å²) in [6.07, 6.45) is 3.46. The minimum atomic E-state index is -0.274. The molecule has 0 saturated carbocycles. The molecule has 6 nitrogen and oxygen atoms in total. The van der Waals surface area contributed by atoms with Crippen molar-refractivity contribution in [1.82, 2.24) is 19.8 Å². The van der Waals surface area contributed by atoms with Crippen LogP contribution in [0.5, 0.6) is 0 Å². The lowest BCUT2D eigenvalue weighted by Crippen LogP contribution is -2.52. The first-order valence-electron chi connectivity index (χ1n) is 8.90. The van der Waals surface area contributed by atoms with E-state index in [4.69, 9.17) is 0 Å². The quantitative estimate of drug-likeness (QED) is 0.908. The van der Waals surface area contributed by atoms with Crippen LogP contribution in [0.1, 0.15) is 20.8 Å². The predicted octanol–water partition coefficient (Wildman–Crippen LogP) is 2.05. The number of amides is 1. The Morgan fingerprint density at radius 2 is 1.88 bits per heavy atom. The van der Waals surface area contributed by atoms with Gasteiger partial charge >= 0.3 is 0 Å². The molecule has 140 valence electrons. The van der Waals surface area contributed by atoms with Crippen LogP contribution in [0, 0.1) is 5.82 Å². The summed E-state index contributed by atoms with van der Waals surface area (Å²) < 4.78 is 15.9. The summed E-state index contributed by atoms with van der Waals surface area (Å²) in [5.74, 6) is 0.497. The molecule has 1 N–H and O–H groups in total. The van der Waals surface area contributed by atoms with Gasteiger partial charge in [-0.05, 0) is 32.9 Å². The first-order chi connectivity index (χ1) is 12.3. The highest BCUT2D eigenvalue weighted by Crippen LogP contribution is 2.21. The number of nitrogens with zero attached hydrogens (tertiary/aromatic N) is 4. The maximum Gasteiger partial charge on any atom is 0.234 e. The lowest BCUT2D eigenvalue weighted by atomic mass is 10.1. The summed E-state index contributed by atoms with van der Waals surface area (Å²) in [7, 11) is 0. The number of rotatable bonds is 4. The van der Waals surface area contributed by atoms with Gasteiger partial charge in [-0.15, -0.1) is 0 Å². The molecule has 0 bridgehead atoms. The van der Waals surface area contributed by atoms with Gasteiger partial charge in [0.1, 0.15) is 5.82 Å². The number of imidazole rings is 1. The van der Waals surface area contributed by atoms with Crippen LogP contribution in [0.4, 0.5) is 10.3 Å². The van der Waals surface area contributed by atoms with Gasteiger partial charge in [0.2, 0.25) is 11.9 Å². The zero-order valence-electron chi connectivity index (χ0n) is 15.6. The van der Waals surface area contributed by atoms with Gasteiger partial charge in [0.25, 0.3) is 0 Å². The minimum Gasteiger partial charge on any atom is -0.350 e. The number of hydrogen-bond donors (Lipinski definition) is 1. The first-order valence-corrected chi connectivity index (χ1v) is 8.90. The van der Waals surface area contributed by atoms with Crippen LogP contribution >= 0.6 is 0 Å². The van der Waals surface area contributed by atoms with Gasteiger partial charge in [-0.25, -0.2) is 9.37 Å². The fourth-order valence-corrected chi connectivity index (χ4v) is 3.13. The van der Waals surface area contributed by atoms with Crippen molar-refractivity contribution in [3.05, 3.63) is 42.5 Å². The summed E-state index contributed by atoms with van der Waals surface area (Å²) in [6.45, 7) is 9.35. The third-order valence-electron chi connectivity index (χ3n) is 4.27. The molecule has 1 aliphatic heterocycles. The number of carbonyl (C=O) groups is 1. The summed E-state index contributed by atoms with van der Waals surface area (Å²) in [4.78, 5) is 20.8. The van der Waals surface area contributed by atoms with E-state index in [2.05, 4.69) is 20.1 Å². The van der Waals surface area contributed by atoms with Crippen molar-refractivity contribution in [2.45, 2.75) is 26.3 Å². The van der Waals surface area contributed by atoms with Crippen molar-refractivity contribution < 1.29 is 9.18 Å². The number of nitrogens with one attached hydrogen (secondary N) is 1. The maximum atomic E-state index is 14.1. The van der Waals surface area contributed by atoms with Crippen molar-refractivity contribution in [3.63, 3.8) is 0 Å². The molecule has 1 saturated heterocycles. The molecular formula is C19H26FN5O. The second kappa shape index (κ2) is 7.45. The Morgan fingerprint density at radius 3 is 2.54 bits per heavy atom. The SMILES string of the molecule is CC(C)(C)NC(=O)CN1CCN(c2nccn2-c2ccccc2F)CC1. The van der Waals surface area contributed by atoms with E-state index in [1.165, 1.54) is 6.07 Å². The van der Waals surface area contributed by atoms with Crippen LogP contribution in [0.15, 0.2) is 36.7 Å². The lowest BCUT2D eigenvalue weighted by molar-refractivity contribution is -0.123. The molecule has 0 spiro atoms. The van der Waals surface area contributed by atoms with E-state index in [1.54, 1.807) is 29.1 Å². The highest BCUT2D eigenvalue weighted by molar-refractivity contribution is 5.78. The minimum absolute atomic E-state index is 0.0406. The number of para-hydroxylation sites is 1. The molecule has 0 unspecified atom stereocenters. The van der Waals surface area contributed by atoms with E-state index in [0.717, 1.165) is 32.1 Å². The standard InChI is InChI=1S/C19H26FN5O/c1-19(2,3)22-17(26)14-23-10-12-24(13-11-23)18-21-8-9-25(18)16-7-5-4-6-15(16)20/h4-9H,10-14H2,1-3H3,(H,22,26). The fraction of sp³-hybridized carbons (Fsp3) is 0.474. The molecule has 1 aromatic carbocycles. The van der Waals surface area contributed by atoms with Crippen LogP contribution in [0.25, 0.3) is 5.69 Å². The number of benzene rings is 1. The normalized spacial score (nSPS) is 15.9. The van der Waals surface area contributed by atoms with Gasteiger partial charge in [-0.1, -0.05) is 12.1 Å². The molecular weight excluding hydrogens is 333 g/mol. The monoisotopic (exact) mass is 359 g/mol. The molecule has 26 heavy (non-hydrogen) atoms. The van der Waals surface area contributed by atoms with Crippen LogP contribution in [0.3, 0.4) is 0 Å². The molecule has 1 amide bonds. The Bertz CT molecular complexity index is 759. The third kappa shape index (κ3) is 4.40. The lowest BCUT2D eigenvalue weighted by Gasteiger charge is -2.35. The largest absolute Gasteiger partial charge is 0.350 e. The number of carbonyl (C=O) groups excluding carboxylic acids is 1.